The molecule has 2 nitrogen and oxygen atoms in total. The van der Waals surface area contributed by atoms with E-state index in [0.717, 1.165) is 72.4 Å². The molecule has 0 atom stereocenters. The molecule has 11 aromatic rings. The molecule has 0 spiro atoms. The summed E-state index contributed by atoms with van der Waals surface area (Å²) in [6, 6.07) is 89.1. The van der Waals surface area contributed by atoms with Crippen molar-refractivity contribution >= 4 is 39.0 Å². The minimum Gasteiger partial charge on any atom is -0.456 e. The molecular formula is C60H41NO. The summed E-state index contributed by atoms with van der Waals surface area (Å²) in [4.78, 5) is 2.43. The number of rotatable bonds is 9. The molecule has 0 amide bonds. The first-order valence-electron chi connectivity index (χ1n) is 21.2. The van der Waals surface area contributed by atoms with E-state index in [-0.39, 0.29) is 0 Å². The van der Waals surface area contributed by atoms with E-state index < -0.39 is 0 Å². The molecule has 2 heteroatoms. The van der Waals surface area contributed by atoms with Crippen molar-refractivity contribution in [2.45, 2.75) is 0 Å². The van der Waals surface area contributed by atoms with Crippen LogP contribution >= 0.6 is 0 Å². The highest BCUT2D eigenvalue weighted by Gasteiger charge is 2.22. The summed E-state index contributed by atoms with van der Waals surface area (Å²) in [6.45, 7) is 0. The highest BCUT2D eigenvalue weighted by atomic mass is 16.3. The predicted octanol–water partition coefficient (Wildman–Crippen LogP) is 17.1. The number of hydrogen-bond acceptors (Lipinski definition) is 2. The van der Waals surface area contributed by atoms with Crippen molar-refractivity contribution in [3.8, 4) is 66.8 Å². The van der Waals surface area contributed by atoms with Crippen LogP contribution in [-0.2, 0) is 0 Å². The zero-order valence-electron chi connectivity index (χ0n) is 34.0. The van der Waals surface area contributed by atoms with E-state index in [0.29, 0.717) is 0 Å². The lowest BCUT2D eigenvalue weighted by atomic mass is 9.89. The number of fused-ring (bicyclic) bond motifs is 3. The standard InChI is InChI=1S/C60H41NO/c1-5-18-42(19-6-1)48-35-39-57(55(41-48)46-24-11-4-12-25-46)61(56-29-15-13-26-50(56)44-20-7-2-8-21-44)49-36-32-43(33-37-49)47-34-38-51(54(40-47)45-22-9-3-10-23-45)52-28-17-31-59-60(52)53-27-14-16-30-58(53)62-59/h1-41H. The maximum absolute atomic E-state index is 6.33. The van der Waals surface area contributed by atoms with E-state index >= 15 is 0 Å². The second-order valence-electron chi connectivity index (χ2n) is 15.6. The second-order valence-corrected chi connectivity index (χ2v) is 15.6. The molecule has 0 radical (unpaired) electrons. The maximum atomic E-state index is 6.33. The molecule has 0 fully saturated rings. The highest BCUT2D eigenvalue weighted by molar-refractivity contribution is 6.13. The molecule has 1 aromatic heterocycles. The molecule has 292 valence electrons. The SMILES string of the molecule is c1ccc(-c2ccc(N(c3ccc(-c4ccc(-c5cccc6oc7ccccc7c56)c(-c5ccccc5)c4)cc3)c3ccccc3-c3ccccc3)c(-c3ccccc3)c2)cc1. The Balaban J connectivity index is 1.07. The fraction of sp³-hybridized carbons (Fsp3) is 0. The third kappa shape index (κ3) is 6.84. The molecule has 0 aliphatic carbocycles. The van der Waals surface area contributed by atoms with E-state index in [2.05, 4.69) is 241 Å². The maximum Gasteiger partial charge on any atom is 0.136 e. The largest absolute Gasteiger partial charge is 0.456 e. The number of benzene rings is 10. The van der Waals surface area contributed by atoms with Crippen molar-refractivity contribution in [3.05, 3.63) is 249 Å². The third-order valence-electron chi connectivity index (χ3n) is 11.9. The van der Waals surface area contributed by atoms with Crippen molar-refractivity contribution in [2.75, 3.05) is 4.90 Å². The van der Waals surface area contributed by atoms with Gasteiger partial charge in [-0.15, -0.1) is 0 Å². The van der Waals surface area contributed by atoms with Gasteiger partial charge in [-0.25, -0.2) is 0 Å². The van der Waals surface area contributed by atoms with Gasteiger partial charge in [0.25, 0.3) is 0 Å². The lowest BCUT2D eigenvalue weighted by Crippen LogP contribution is -2.12. The van der Waals surface area contributed by atoms with Crippen LogP contribution in [0, 0.1) is 0 Å². The van der Waals surface area contributed by atoms with Crippen LogP contribution in [0.3, 0.4) is 0 Å². The summed E-state index contributed by atoms with van der Waals surface area (Å²) >= 11 is 0. The van der Waals surface area contributed by atoms with E-state index in [1.165, 1.54) is 33.4 Å². The molecule has 0 bridgehead atoms. The van der Waals surface area contributed by atoms with Crippen molar-refractivity contribution < 1.29 is 4.42 Å². The van der Waals surface area contributed by atoms with Crippen molar-refractivity contribution in [2.24, 2.45) is 0 Å². The first-order chi connectivity index (χ1) is 30.8. The second kappa shape index (κ2) is 16.1. The Labute approximate surface area is 362 Å². The Hall–Kier alpha value is -8.20. The van der Waals surface area contributed by atoms with Gasteiger partial charge in [0.2, 0.25) is 0 Å². The summed E-state index contributed by atoms with van der Waals surface area (Å²) in [5.74, 6) is 0. The summed E-state index contributed by atoms with van der Waals surface area (Å²) < 4.78 is 6.33. The zero-order valence-corrected chi connectivity index (χ0v) is 34.0. The molecule has 11 rings (SSSR count). The number of anilines is 3. The van der Waals surface area contributed by atoms with Gasteiger partial charge >= 0.3 is 0 Å². The molecule has 0 saturated heterocycles. The Morgan fingerprint density at radius 3 is 1.42 bits per heavy atom. The zero-order chi connectivity index (χ0) is 41.2. The highest BCUT2D eigenvalue weighted by Crippen LogP contribution is 2.47. The average molecular weight is 792 g/mol. The van der Waals surface area contributed by atoms with Crippen LogP contribution in [0.4, 0.5) is 17.1 Å². The molecule has 0 aliphatic rings. The Kier molecular flexibility index (Phi) is 9.57. The van der Waals surface area contributed by atoms with Crippen LogP contribution in [0.25, 0.3) is 88.7 Å². The van der Waals surface area contributed by atoms with Gasteiger partial charge in [-0.05, 0) is 104 Å². The van der Waals surface area contributed by atoms with Gasteiger partial charge < -0.3 is 9.32 Å². The van der Waals surface area contributed by atoms with Gasteiger partial charge in [-0.3, -0.25) is 0 Å². The van der Waals surface area contributed by atoms with Gasteiger partial charge in [0.05, 0.1) is 11.4 Å². The van der Waals surface area contributed by atoms with Gasteiger partial charge in [-0.2, -0.15) is 0 Å². The van der Waals surface area contributed by atoms with Crippen molar-refractivity contribution in [1.82, 2.24) is 0 Å². The van der Waals surface area contributed by atoms with Crippen LogP contribution in [0.1, 0.15) is 0 Å². The number of para-hydroxylation sites is 2. The third-order valence-corrected chi connectivity index (χ3v) is 11.9. The quantitative estimate of drug-likeness (QED) is 0.145. The lowest BCUT2D eigenvalue weighted by Gasteiger charge is -2.30. The molecule has 1 heterocycles. The minimum absolute atomic E-state index is 0.894. The average Bonchev–Trinajstić information content (AvgIpc) is 3.75. The summed E-state index contributed by atoms with van der Waals surface area (Å²) in [6.07, 6.45) is 0. The topological polar surface area (TPSA) is 16.4 Å². The smallest absolute Gasteiger partial charge is 0.136 e. The van der Waals surface area contributed by atoms with Gasteiger partial charge in [0, 0.05) is 27.6 Å². The number of nitrogens with zero attached hydrogens (tertiary/aromatic N) is 1. The molecule has 0 N–H and O–H groups in total. The minimum atomic E-state index is 0.894. The lowest BCUT2D eigenvalue weighted by molar-refractivity contribution is 0.669. The summed E-state index contributed by atoms with van der Waals surface area (Å²) in [5.41, 5.74) is 19.0. The fourth-order valence-electron chi connectivity index (χ4n) is 8.95. The monoisotopic (exact) mass is 791 g/mol. The van der Waals surface area contributed by atoms with Crippen molar-refractivity contribution in [1.29, 1.82) is 0 Å². The van der Waals surface area contributed by atoms with Crippen LogP contribution in [-0.4, -0.2) is 0 Å². The Morgan fingerprint density at radius 1 is 0.258 bits per heavy atom. The van der Waals surface area contributed by atoms with Gasteiger partial charge in [0.15, 0.2) is 0 Å². The summed E-state index contributed by atoms with van der Waals surface area (Å²) in [7, 11) is 0. The summed E-state index contributed by atoms with van der Waals surface area (Å²) in [5, 5.41) is 2.26. The van der Waals surface area contributed by atoms with E-state index in [9.17, 15) is 0 Å². The molecule has 10 aromatic carbocycles. The van der Waals surface area contributed by atoms with Gasteiger partial charge in [-0.1, -0.05) is 200 Å². The molecule has 0 saturated carbocycles. The van der Waals surface area contributed by atoms with E-state index in [1.807, 2.05) is 12.1 Å². The fourth-order valence-corrected chi connectivity index (χ4v) is 8.95. The molecule has 0 unspecified atom stereocenters. The van der Waals surface area contributed by atoms with Crippen LogP contribution in [0.15, 0.2) is 253 Å². The molecule has 62 heavy (non-hydrogen) atoms. The number of furan rings is 1. The van der Waals surface area contributed by atoms with Crippen LogP contribution in [0.2, 0.25) is 0 Å². The molecular weight excluding hydrogens is 751 g/mol. The Morgan fingerprint density at radius 2 is 0.726 bits per heavy atom. The van der Waals surface area contributed by atoms with E-state index in [4.69, 9.17) is 4.42 Å². The first-order valence-corrected chi connectivity index (χ1v) is 21.2. The van der Waals surface area contributed by atoms with Gasteiger partial charge in [0.1, 0.15) is 11.2 Å². The van der Waals surface area contributed by atoms with Crippen LogP contribution in [0.5, 0.6) is 0 Å². The molecule has 0 aliphatic heterocycles. The van der Waals surface area contributed by atoms with Crippen LogP contribution < -0.4 is 4.90 Å². The normalized spacial score (nSPS) is 11.2. The first kappa shape index (κ1) is 36.8. The Bertz CT molecular complexity index is 3320. The van der Waals surface area contributed by atoms with Crippen molar-refractivity contribution in [3.63, 3.8) is 0 Å². The van der Waals surface area contributed by atoms with E-state index in [1.54, 1.807) is 0 Å². The predicted molar refractivity (Wildman–Crippen MR) is 261 cm³/mol. The number of hydrogen-bond donors (Lipinski definition) is 0.